The van der Waals surface area contributed by atoms with E-state index in [1.165, 1.54) is 6.33 Å². The maximum atomic E-state index is 11.7. The van der Waals surface area contributed by atoms with Crippen LogP contribution in [-0.4, -0.2) is 21.1 Å². The first-order valence-electron chi connectivity index (χ1n) is 6.01. The third kappa shape index (κ3) is 4.06. The van der Waals surface area contributed by atoms with Crippen molar-refractivity contribution in [3.8, 4) is 0 Å². The Kier molecular flexibility index (Phi) is 4.52. The maximum Gasteiger partial charge on any atom is 0.220 e. The van der Waals surface area contributed by atoms with Crippen molar-refractivity contribution >= 4 is 17.5 Å². The Balaban J connectivity index is 1.78. The van der Waals surface area contributed by atoms with E-state index in [9.17, 15) is 4.79 Å². The third-order valence-corrected chi connectivity index (χ3v) is 3.20. The van der Waals surface area contributed by atoms with Gasteiger partial charge >= 0.3 is 0 Å². The van der Waals surface area contributed by atoms with Gasteiger partial charge in [0.2, 0.25) is 5.91 Å². The van der Waals surface area contributed by atoms with Crippen molar-refractivity contribution in [2.45, 2.75) is 26.3 Å². The molecule has 0 aliphatic rings. The van der Waals surface area contributed by atoms with E-state index in [1.54, 1.807) is 0 Å². The molecule has 0 saturated carbocycles. The van der Waals surface area contributed by atoms with Crippen LogP contribution in [0, 0.1) is 6.92 Å². The van der Waals surface area contributed by atoms with Crippen LogP contribution in [0.25, 0.3) is 0 Å². The summed E-state index contributed by atoms with van der Waals surface area (Å²) in [6.45, 7) is 2.32. The van der Waals surface area contributed by atoms with Crippen molar-refractivity contribution in [2.24, 2.45) is 0 Å². The molecule has 1 aromatic carbocycles. The van der Waals surface area contributed by atoms with Gasteiger partial charge in [-0.3, -0.25) is 9.89 Å². The molecule has 0 aliphatic carbocycles. The van der Waals surface area contributed by atoms with Gasteiger partial charge in [0.25, 0.3) is 0 Å². The highest BCUT2D eigenvalue weighted by atomic mass is 35.5. The number of halogens is 1. The minimum atomic E-state index is -0.0203. The lowest BCUT2D eigenvalue weighted by Gasteiger charge is -2.05. The number of aryl methyl sites for hydroxylation is 2. The highest BCUT2D eigenvalue weighted by Gasteiger charge is 2.04. The molecule has 100 valence electrons. The fraction of sp³-hybridized carbons (Fsp3) is 0.308. The zero-order chi connectivity index (χ0) is 13.7. The predicted octanol–water partition coefficient (Wildman–Crippen LogP) is 2.02. The standard InChI is InChI=1S/C13H15ClN4O/c1-9-2-3-10(6-11(9)14)4-5-13(19)15-7-12-16-8-17-18-12/h2-3,6,8H,4-5,7H2,1H3,(H,15,19)(H,16,17,18). The lowest BCUT2D eigenvalue weighted by Crippen LogP contribution is -2.23. The zero-order valence-corrected chi connectivity index (χ0v) is 11.4. The number of carbonyl (C=O) groups is 1. The Morgan fingerprint density at radius 1 is 1.47 bits per heavy atom. The van der Waals surface area contributed by atoms with E-state index in [4.69, 9.17) is 11.6 Å². The van der Waals surface area contributed by atoms with E-state index in [-0.39, 0.29) is 5.91 Å². The highest BCUT2D eigenvalue weighted by Crippen LogP contribution is 2.17. The van der Waals surface area contributed by atoms with Crippen LogP contribution >= 0.6 is 11.6 Å². The number of hydrogen-bond acceptors (Lipinski definition) is 3. The third-order valence-electron chi connectivity index (χ3n) is 2.79. The van der Waals surface area contributed by atoms with Crippen LogP contribution in [0.5, 0.6) is 0 Å². The first-order chi connectivity index (χ1) is 9.15. The Morgan fingerprint density at radius 2 is 2.32 bits per heavy atom. The van der Waals surface area contributed by atoms with Gasteiger partial charge in [0, 0.05) is 11.4 Å². The largest absolute Gasteiger partial charge is 0.349 e. The summed E-state index contributed by atoms with van der Waals surface area (Å²) in [5.74, 6) is 0.625. The van der Waals surface area contributed by atoms with Gasteiger partial charge in [-0.2, -0.15) is 5.10 Å². The Morgan fingerprint density at radius 3 is 3.00 bits per heavy atom. The van der Waals surface area contributed by atoms with Crippen molar-refractivity contribution in [2.75, 3.05) is 0 Å². The van der Waals surface area contributed by atoms with Crippen LogP contribution in [-0.2, 0) is 17.8 Å². The summed E-state index contributed by atoms with van der Waals surface area (Å²) >= 11 is 6.04. The molecule has 2 rings (SSSR count). The molecule has 0 atom stereocenters. The lowest BCUT2D eigenvalue weighted by molar-refractivity contribution is -0.121. The minimum absolute atomic E-state index is 0.0203. The smallest absolute Gasteiger partial charge is 0.220 e. The second kappa shape index (κ2) is 6.33. The number of aromatic nitrogens is 3. The molecule has 19 heavy (non-hydrogen) atoms. The zero-order valence-electron chi connectivity index (χ0n) is 10.6. The van der Waals surface area contributed by atoms with E-state index in [1.807, 2.05) is 25.1 Å². The summed E-state index contributed by atoms with van der Waals surface area (Å²) in [7, 11) is 0. The molecule has 5 nitrogen and oxygen atoms in total. The van der Waals surface area contributed by atoms with Gasteiger partial charge in [0.15, 0.2) is 0 Å². The van der Waals surface area contributed by atoms with Crippen LogP contribution in [0.3, 0.4) is 0 Å². The molecule has 0 spiro atoms. The highest BCUT2D eigenvalue weighted by molar-refractivity contribution is 6.31. The summed E-state index contributed by atoms with van der Waals surface area (Å²) < 4.78 is 0. The van der Waals surface area contributed by atoms with E-state index in [2.05, 4.69) is 20.5 Å². The molecule has 2 N–H and O–H groups in total. The SMILES string of the molecule is Cc1ccc(CCC(=O)NCc2ncn[nH]2)cc1Cl. The molecule has 0 unspecified atom stereocenters. The normalized spacial score (nSPS) is 10.4. The molecule has 0 bridgehead atoms. The average Bonchev–Trinajstić information content (AvgIpc) is 2.91. The van der Waals surface area contributed by atoms with Crippen LogP contribution in [0.4, 0.5) is 0 Å². The minimum Gasteiger partial charge on any atom is -0.349 e. The van der Waals surface area contributed by atoms with Crippen LogP contribution in [0.15, 0.2) is 24.5 Å². The number of nitrogens with zero attached hydrogens (tertiary/aromatic N) is 2. The number of H-pyrrole nitrogens is 1. The molecule has 1 aromatic heterocycles. The predicted molar refractivity (Wildman–Crippen MR) is 72.7 cm³/mol. The molecule has 0 radical (unpaired) electrons. The molecular formula is C13H15ClN4O. The Bertz CT molecular complexity index is 554. The van der Waals surface area contributed by atoms with Crippen molar-refractivity contribution in [1.82, 2.24) is 20.5 Å². The number of benzene rings is 1. The number of rotatable bonds is 5. The average molecular weight is 279 g/mol. The fourth-order valence-corrected chi connectivity index (χ4v) is 1.84. The van der Waals surface area contributed by atoms with Gasteiger partial charge < -0.3 is 5.32 Å². The summed E-state index contributed by atoms with van der Waals surface area (Å²) in [5.41, 5.74) is 2.10. The molecule has 1 amide bonds. The van der Waals surface area contributed by atoms with E-state index in [0.29, 0.717) is 25.2 Å². The Labute approximate surface area is 116 Å². The van der Waals surface area contributed by atoms with Crippen molar-refractivity contribution in [3.05, 3.63) is 46.5 Å². The van der Waals surface area contributed by atoms with Crippen molar-refractivity contribution in [1.29, 1.82) is 0 Å². The van der Waals surface area contributed by atoms with Gasteiger partial charge in [-0.15, -0.1) is 0 Å². The Hall–Kier alpha value is -1.88. The van der Waals surface area contributed by atoms with Gasteiger partial charge in [-0.1, -0.05) is 23.7 Å². The molecule has 6 heteroatoms. The molecule has 0 saturated heterocycles. The second-order valence-electron chi connectivity index (χ2n) is 4.29. The molecule has 0 aliphatic heterocycles. The number of amides is 1. The maximum absolute atomic E-state index is 11.7. The number of nitrogens with one attached hydrogen (secondary N) is 2. The van der Waals surface area contributed by atoms with E-state index >= 15 is 0 Å². The summed E-state index contributed by atoms with van der Waals surface area (Å²) in [4.78, 5) is 15.6. The van der Waals surface area contributed by atoms with Gasteiger partial charge in [0.1, 0.15) is 12.2 Å². The lowest BCUT2D eigenvalue weighted by atomic mass is 10.1. The number of hydrogen-bond donors (Lipinski definition) is 2. The molecule has 0 fully saturated rings. The van der Waals surface area contributed by atoms with Crippen LogP contribution in [0.2, 0.25) is 5.02 Å². The summed E-state index contributed by atoms with van der Waals surface area (Å²) in [5, 5.41) is 9.91. The monoisotopic (exact) mass is 278 g/mol. The van der Waals surface area contributed by atoms with Gasteiger partial charge in [-0.05, 0) is 30.5 Å². The van der Waals surface area contributed by atoms with Crippen molar-refractivity contribution in [3.63, 3.8) is 0 Å². The number of aromatic amines is 1. The van der Waals surface area contributed by atoms with Gasteiger partial charge in [-0.25, -0.2) is 4.98 Å². The van der Waals surface area contributed by atoms with E-state index < -0.39 is 0 Å². The topological polar surface area (TPSA) is 70.7 Å². The molecule has 2 aromatic rings. The quantitative estimate of drug-likeness (QED) is 0.879. The fourth-order valence-electron chi connectivity index (χ4n) is 1.64. The first kappa shape index (κ1) is 13.5. The summed E-state index contributed by atoms with van der Waals surface area (Å²) in [6.07, 6.45) is 2.51. The van der Waals surface area contributed by atoms with Crippen LogP contribution in [0.1, 0.15) is 23.4 Å². The second-order valence-corrected chi connectivity index (χ2v) is 4.70. The van der Waals surface area contributed by atoms with Crippen LogP contribution < -0.4 is 5.32 Å². The van der Waals surface area contributed by atoms with E-state index in [0.717, 1.165) is 16.1 Å². The number of carbonyl (C=O) groups excluding carboxylic acids is 1. The molecular weight excluding hydrogens is 264 g/mol. The van der Waals surface area contributed by atoms with Crippen molar-refractivity contribution < 1.29 is 4.79 Å². The molecule has 1 heterocycles. The first-order valence-corrected chi connectivity index (χ1v) is 6.39. The summed E-state index contributed by atoms with van der Waals surface area (Å²) in [6, 6.07) is 5.86. The van der Waals surface area contributed by atoms with Gasteiger partial charge in [0.05, 0.1) is 6.54 Å².